The van der Waals surface area contributed by atoms with E-state index in [1.807, 2.05) is 14.0 Å². The molecule has 0 aliphatic rings. The molecule has 0 aliphatic heterocycles. The van der Waals surface area contributed by atoms with Crippen LogP contribution in [0.5, 0.6) is 5.88 Å². The van der Waals surface area contributed by atoms with Gasteiger partial charge >= 0.3 is 0 Å². The molecule has 1 rings (SSSR count). The highest BCUT2D eigenvalue weighted by Crippen LogP contribution is 2.20. The molecule has 0 aromatic carbocycles. The van der Waals surface area contributed by atoms with Crippen molar-refractivity contribution in [1.82, 2.24) is 15.1 Å². The van der Waals surface area contributed by atoms with Gasteiger partial charge in [0.25, 0.3) is 0 Å². The van der Waals surface area contributed by atoms with E-state index >= 15 is 0 Å². The van der Waals surface area contributed by atoms with Gasteiger partial charge in [-0.1, -0.05) is 0 Å². The van der Waals surface area contributed by atoms with Crippen LogP contribution in [0.3, 0.4) is 0 Å². The average Bonchev–Trinajstić information content (AvgIpc) is 2.48. The first-order valence-corrected chi connectivity index (χ1v) is 5.93. The van der Waals surface area contributed by atoms with Gasteiger partial charge in [0.1, 0.15) is 0 Å². The fourth-order valence-corrected chi connectivity index (χ4v) is 2.01. The maximum Gasteiger partial charge on any atom is 0.216 e. The summed E-state index contributed by atoms with van der Waals surface area (Å²) in [5, 5.41) is 17.0. The smallest absolute Gasteiger partial charge is 0.216 e. The van der Waals surface area contributed by atoms with E-state index in [1.54, 1.807) is 18.7 Å². The second-order valence-corrected chi connectivity index (χ2v) is 4.56. The third kappa shape index (κ3) is 3.71. The Bertz CT molecular complexity index is 361. The summed E-state index contributed by atoms with van der Waals surface area (Å²) < 4.78 is 7.06. The van der Waals surface area contributed by atoms with Crippen LogP contribution in [-0.4, -0.2) is 34.1 Å². The normalized spacial score (nSPS) is 14.7. The lowest BCUT2D eigenvalue weighted by atomic mass is 10.1. The van der Waals surface area contributed by atoms with Gasteiger partial charge in [-0.15, -0.1) is 0 Å². The number of aliphatic hydroxyl groups excluding tert-OH is 1. The van der Waals surface area contributed by atoms with E-state index in [1.165, 1.54) is 0 Å². The topological polar surface area (TPSA) is 59.3 Å². The zero-order valence-corrected chi connectivity index (χ0v) is 11.3. The van der Waals surface area contributed by atoms with Crippen LogP contribution in [0.25, 0.3) is 0 Å². The van der Waals surface area contributed by atoms with Crippen molar-refractivity contribution in [3.8, 4) is 5.88 Å². The molecule has 0 fully saturated rings. The lowest BCUT2D eigenvalue weighted by molar-refractivity contribution is 0.170. The van der Waals surface area contributed by atoms with Crippen molar-refractivity contribution in [2.24, 2.45) is 7.05 Å². The van der Waals surface area contributed by atoms with E-state index in [4.69, 9.17) is 4.74 Å². The van der Waals surface area contributed by atoms with Crippen molar-refractivity contribution in [1.29, 1.82) is 0 Å². The lowest BCUT2D eigenvalue weighted by Gasteiger charge is -2.15. The van der Waals surface area contributed by atoms with Crippen molar-refractivity contribution in [2.75, 3.05) is 7.11 Å². The average molecular weight is 241 g/mol. The van der Waals surface area contributed by atoms with Crippen LogP contribution in [0, 0.1) is 6.92 Å². The van der Waals surface area contributed by atoms with Gasteiger partial charge in [0.2, 0.25) is 5.88 Å². The van der Waals surface area contributed by atoms with Crippen molar-refractivity contribution >= 4 is 0 Å². The van der Waals surface area contributed by atoms with Gasteiger partial charge in [0.15, 0.2) is 0 Å². The minimum Gasteiger partial charge on any atom is -0.481 e. The molecular weight excluding hydrogens is 218 g/mol. The first-order chi connectivity index (χ1) is 7.95. The van der Waals surface area contributed by atoms with Crippen molar-refractivity contribution in [2.45, 2.75) is 45.9 Å². The van der Waals surface area contributed by atoms with E-state index in [9.17, 15) is 5.11 Å². The Hall–Kier alpha value is -1.07. The predicted molar refractivity (Wildman–Crippen MR) is 67.1 cm³/mol. The number of hydrogen-bond acceptors (Lipinski definition) is 4. The van der Waals surface area contributed by atoms with Gasteiger partial charge in [0.05, 0.1) is 24.5 Å². The highest BCUT2D eigenvalue weighted by Gasteiger charge is 2.14. The largest absolute Gasteiger partial charge is 0.481 e. The number of nitrogens with zero attached hydrogens (tertiary/aromatic N) is 2. The second kappa shape index (κ2) is 6.02. The van der Waals surface area contributed by atoms with Crippen LogP contribution in [0.1, 0.15) is 31.5 Å². The molecule has 1 aromatic heterocycles. The molecule has 1 aromatic rings. The van der Waals surface area contributed by atoms with E-state index in [-0.39, 0.29) is 12.1 Å². The van der Waals surface area contributed by atoms with Gasteiger partial charge in [-0.3, -0.25) is 0 Å². The van der Waals surface area contributed by atoms with Gasteiger partial charge in [-0.25, -0.2) is 4.68 Å². The van der Waals surface area contributed by atoms with Gasteiger partial charge in [-0.2, -0.15) is 5.10 Å². The molecule has 0 saturated carbocycles. The molecule has 0 spiro atoms. The van der Waals surface area contributed by atoms with Crippen LogP contribution >= 0.6 is 0 Å². The van der Waals surface area contributed by atoms with E-state index in [0.717, 1.165) is 23.6 Å². The third-order valence-corrected chi connectivity index (χ3v) is 2.80. The fraction of sp³-hybridized carbons (Fsp3) is 0.750. The number of aromatic nitrogens is 2. The molecule has 0 aliphatic carbocycles. The number of aryl methyl sites for hydroxylation is 2. The molecular formula is C12H23N3O2. The number of methoxy groups -OCH3 is 1. The van der Waals surface area contributed by atoms with Crippen LogP contribution in [0.4, 0.5) is 0 Å². The molecule has 0 saturated heterocycles. The molecule has 2 atom stereocenters. The number of nitrogens with one attached hydrogen (secondary N) is 1. The number of hydrogen-bond donors (Lipinski definition) is 2. The Labute approximate surface area is 103 Å². The maximum atomic E-state index is 9.30. The van der Waals surface area contributed by atoms with Crippen LogP contribution in [0.15, 0.2) is 0 Å². The minimum atomic E-state index is -0.283. The first kappa shape index (κ1) is 14.0. The SMILES string of the molecule is COc1c(CNC(C)CC(C)O)c(C)nn1C. The van der Waals surface area contributed by atoms with Crippen molar-refractivity contribution < 1.29 is 9.84 Å². The highest BCUT2D eigenvalue weighted by atomic mass is 16.5. The second-order valence-electron chi connectivity index (χ2n) is 4.56. The summed E-state index contributed by atoms with van der Waals surface area (Å²) in [5.74, 6) is 0.791. The van der Waals surface area contributed by atoms with Crippen LogP contribution in [-0.2, 0) is 13.6 Å². The van der Waals surface area contributed by atoms with Crippen molar-refractivity contribution in [3.63, 3.8) is 0 Å². The molecule has 5 nitrogen and oxygen atoms in total. The molecule has 2 unspecified atom stereocenters. The molecule has 0 radical (unpaired) electrons. The molecule has 17 heavy (non-hydrogen) atoms. The Morgan fingerprint density at radius 2 is 2.12 bits per heavy atom. The quantitative estimate of drug-likeness (QED) is 0.779. The third-order valence-electron chi connectivity index (χ3n) is 2.80. The highest BCUT2D eigenvalue weighted by molar-refractivity contribution is 5.30. The van der Waals surface area contributed by atoms with Crippen molar-refractivity contribution in [3.05, 3.63) is 11.3 Å². The minimum absolute atomic E-state index is 0.263. The zero-order valence-electron chi connectivity index (χ0n) is 11.3. The van der Waals surface area contributed by atoms with E-state index in [0.29, 0.717) is 6.54 Å². The standard InChI is InChI=1S/C12H23N3O2/c1-8(6-9(2)16)13-7-11-10(3)14-15(4)12(11)17-5/h8-9,13,16H,6-7H2,1-5H3. The monoisotopic (exact) mass is 241 g/mol. The summed E-state index contributed by atoms with van der Waals surface area (Å²) in [4.78, 5) is 0. The maximum absolute atomic E-state index is 9.30. The zero-order chi connectivity index (χ0) is 13.0. The molecule has 0 amide bonds. The predicted octanol–water partition coefficient (Wildman–Crippen LogP) is 0.986. The molecule has 1 heterocycles. The van der Waals surface area contributed by atoms with Gasteiger partial charge in [0, 0.05) is 19.6 Å². The Balaban J connectivity index is 2.62. The summed E-state index contributed by atoms with van der Waals surface area (Å²) in [6.45, 7) is 6.54. The first-order valence-electron chi connectivity index (χ1n) is 5.93. The summed E-state index contributed by atoms with van der Waals surface area (Å²) in [6.07, 6.45) is 0.455. The van der Waals surface area contributed by atoms with Gasteiger partial charge < -0.3 is 15.2 Å². The van der Waals surface area contributed by atoms with E-state index in [2.05, 4.69) is 17.3 Å². The van der Waals surface area contributed by atoms with E-state index < -0.39 is 0 Å². The van der Waals surface area contributed by atoms with Crippen LogP contribution < -0.4 is 10.1 Å². The lowest BCUT2D eigenvalue weighted by Crippen LogP contribution is -2.29. The summed E-state index contributed by atoms with van der Waals surface area (Å²) in [5.41, 5.74) is 2.05. The Kier molecular flexibility index (Phi) is 4.96. The molecule has 98 valence electrons. The molecule has 0 bridgehead atoms. The molecule has 5 heteroatoms. The van der Waals surface area contributed by atoms with Crippen LogP contribution in [0.2, 0.25) is 0 Å². The fourth-order valence-electron chi connectivity index (χ4n) is 2.01. The summed E-state index contributed by atoms with van der Waals surface area (Å²) in [7, 11) is 3.52. The van der Waals surface area contributed by atoms with Gasteiger partial charge in [-0.05, 0) is 27.2 Å². The molecule has 2 N–H and O–H groups in total. The number of aliphatic hydroxyl groups is 1. The Morgan fingerprint density at radius 1 is 1.47 bits per heavy atom. The number of ether oxygens (including phenoxy) is 1. The summed E-state index contributed by atoms with van der Waals surface area (Å²) >= 11 is 0. The number of rotatable bonds is 6. The summed E-state index contributed by atoms with van der Waals surface area (Å²) in [6, 6.07) is 0.263. The Morgan fingerprint density at radius 3 is 2.65 bits per heavy atom.